The Labute approximate surface area is 152 Å². The van der Waals surface area contributed by atoms with Gasteiger partial charge < -0.3 is 10.1 Å². The first-order valence-corrected chi connectivity index (χ1v) is 8.78. The van der Waals surface area contributed by atoms with Crippen molar-refractivity contribution in [3.8, 4) is 0 Å². The van der Waals surface area contributed by atoms with E-state index in [0.717, 1.165) is 16.9 Å². The Hall–Kier alpha value is -2.70. The number of hydrogen-bond acceptors (Lipinski definition) is 5. The number of ether oxygens (including phenoxy) is 1. The van der Waals surface area contributed by atoms with E-state index >= 15 is 0 Å². The molecule has 7 heteroatoms. The Morgan fingerprint density at radius 3 is 2.19 bits per heavy atom. The first-order valence-electron chi connectivity index (χ1n) is 8.78. The number of Topliss-reactive ketones (excluding diaryl/α,β-unsaturated/α-hetero) is 1. The molecule has 0 aliphatic carbocycles. The Morgan fingerprint density at radius 1 is 1.08 bits per heavy atom. The average Bonchev–Trinajstić information content (AvgIpc) is 2.90. The molecule has 0 saturated carbocycles. The molecule has 0 aromatic heterocycles. The SMILES string of the molecule is CCc1ccc(C(=O)COC(=O)CN2C(=O)NC(CC)(CC)C2=O)cc1. The van der Waals surface area contributed by atoms with Gasteiger partial charge in [-0.05, 0) is 24.8 Å². The highest BCUT2D eigenvalue weighted by atomic mass is 16.5. The third-order valence-electron chi connectivity index (χ3n) is 4.79. The second-order valence-corrected chi connectivity index (χ2v) is 6.25. The molecule has 7 nitrogen and oxygen atoms in total. The van der Waals surface area contributed by atoms with E-state index in [4.69, 9.17) is 4.74 Å². The molecule has 1 saturated heterocycles. The second-order valence-electron chi connectivity index (χ2n) is 6.25. The van der Waals surface area contributed by atoms with Gasteiger partial charge in [-0.25, -0.2) is 4.79 Å². The van der Waals surface area contributed by atoms with Crippen LogP contribution in [0.2, 0.25) is 0 Å². The van der Waals surface area contributed by atoms with Gasteiger partial charge in [0.2, 0.25) is 0 Å². The Morgan fingerprint density at radius 2 is 1.69 bits per heavy atom. The first-order chi connectivity index (χ1) is 12.4. The maximum atomic E-state index is 12.4. The number of hydrogen-bond donors (Lipinski definition) is 1. The number of aryl methyl sites for hydroxylation is 1. The van der Waals surface area contributed by atoms with E-state index in [9.17, 15) is 19.2 Å². The molecular formula is C19H24N2O5. The molecule has 26 heavy (non-hydrogen) atoms. The van der Waals surface area contributed by atoms with Gasteiger partial charge in [0.25, 0.3) is 5.91 Å². The summed E-state index contributed by atoms with van der Waals surface area (Å²) in [6, 6.07) is 6.44. The smallest absolute Gasteiger partial charge is 0.326 e. The molecule has 0 radical (unpaired) electrons. The zero-order chi connectivity index (χ0) is 19.3. The topological polar surface area (TPSA) is 92.8 Å². The van der Waals surface area contributed by atoms with Crippen LogP contribution in [0.25, 0.3) is 0 Å². The van der Waals surface area contributed by atoms with Crippen LogP contribution in [-0.4, -0.2) is 47.3 Å². The number of benzene rings is 1. The fraction of sp³-hybridized carbons (Fsp3) is 0.474. The van der Waals surface area contributed by atoms with Crippen molar-refractivity contribution in [2.45, 2.75) is 45.6 Å². The van der Waals surface area contributed by atoms with Crippen molar-refractivity contribution in [3.63, 3.8) is 0 Å². The minimum Gasteiger partial charge on any atom is -0.456 e. The largest absolute Gasteiger partial charge is 0.456 e. The van der Waals surface area contributed by atoms with Crippen LogP contribution in [0.5, 0.6) is 0 Å². The standard InChI is InChI=1S/C19H24N2O5/c1-4-13-7-9-14(10-8-13)15(22)12-26-16(23)11-21-17(24)19(5-2,6-3)20-18(21)25/h7-10H,4-6,11-12H2,1-3H3,(H,20,25). The summed E-state index contributed by atoms with van der Waals surface area (Å²) >= 11 is 0. The lowest BCUT2D eigenvalue weighted by Gasteiger charge is -2.22. The molecule has 1 aromatic carbocycles. The van der Waals surface area contributed by atoms with Gasteiger partial charge in [-0.2, -0.15) is 0 Å². The van der Waals surface area contributed by atoms with Crippen LogP contribution in [0.1, 0.15) is 49.5 Å². The summed E-state index contributed by atoms with van der Waals surface area (Å²) in [7, 11) is 0. The average molecular weight is 360 g/mol. The zero-order valence-electron chi connectivity index (χ0n) is 15.3. The molecule has 0 unspecified atom stereocenters. The summed E-state index contributed by atoms with van der Waals surface area (Å²) in [6.07, 6.45) is 1.74. The molecule has 1 aromatic rings. The number of carbonyl (C=O) groups excluding carboxylic acids is 4. The summed E-state index contributed by atoms with van der Waals surface area (Å²) in [6.45, 7) is 4.67. The fourth-order valence-corrected chi connectivity index (χ4v) is 2.88. The molecule has 3 amide bonds. The van der Waals surface area contributed by atoms with Crippen molar-refractivity contribution in [2.75, 3.05) is 13.2 Å². The van der Waals surface area contributed by atoms with Crippen LogP contribution in [0, 0.1) is 0 Å². The predicted molar refractivity (Wildman–Crippen MR) is 94.7 cm³/mol. The predicted octanol–water partition coefficient (Wildman–Crippen LogP) is 2.09. The van der Waals surface area contributed by atoms with Crippen molar-refractivity contribution in [2.24, 2.45) is 0 Å². The van der Waals surface area contributed by atoms with E-state index in [1.807, 2.05) is 19.1 Å². The van der Waals surface area contributed by atoms with Gasteiger partial charge >= 0.3 is 12.0 Å². The van der Waals surface area contributed by atoms with E-state index in [2.05, 4.69) is 5.32 Å². The molecule has 1 aliphatic rings. The second kappa shape index (κ2) is 8.12. The van der Waals surface area contributed by atoms with E-state index < -0.39 is 36.6 Å². The summed E-state index contributed by atoms with van der Waals surface area (Å²) in [5, 5.41) is 2.64. The lowest BCUT2D eigenvalue weighted by atomic mass is 9.93. The number of urea groups is 1. The molecule has 1 fully saturated rings. The van der Waals surface area contributed by atoms with Gasteiger partial charge in [0.15, 0.2) is 12.4 Å². The van der Waals surface area contributed by atoms with Crippen LogP contribution < -0.4 is 5.32 Å². The Balaban J connectivity index is 1.91. The number of nitrogens with one attached hydrogen (secondary N) is 1. The molecule has 2 rings (SSSR count). The third kappa shape index (κ3) is 3.92. The molecule has 1 heterocycles. The van der Waals surface area contributed by atoms with Crippen molar-refractivity contribution in [1.82, 2.24) is 10.2 Å². The Bertz CT molecular complexity index is 707. The fourth-order valence-electron chi connectivity index (χ4n) is 2.88. The van der Waals surface area contributed by atoms with Crippen molar-refractivity contribution < 1.29 is 23.9 Å². The first kappa shape index (κ1) is 19.6. The lowest BCUT2D eigenvalue weighted by Crippen LogP contribution is -2.46. The minimum atomic E-state index is -0.964. The highest BCUT2D eigenvalue weighted by molar-refractivity contribution is 6.08. The number of nitrogens with zero attached hydrogens (tertiary/aromatic N) is 1. The summed E-state index contributed by atoms with van der Waals surface area (Å²) in [4.78, 5) is 49.3. The molecular weight excluding hydrogens is 336 g/mol. The summed E-state index contributed by atoms with van der Waals surface area (Å²) in [5.41, 5.74) is 0.585. The van der Waals surface area contributed by atoms with E-state index in [-0.39, 0.29) is 5.78 Å². The molecule has 140 valence electrons. The van der Waals surface area contributed by atoms with Crippen molar-refractivity contribution >= 4 is 23.7 Å². The number of esters is 1. The Kier molecular flexibility index (Phi) is 6.13. The normalized spacial score (nSPS) is 15.7. The number of amides is 3. The van der Waals surface area contributed by atoms with E-state index in [1.54, 1.807) is 26.0 Å². The third-order valence-corrected chi connectivity index (χ3v) is 4.79. The maximum Gasteiger partial charge on any atom is 0.326 e. The molecule has 0 spiro atoms. The van der Waals surface area contributed by atoms with Gasteiger partial charge in [-0.15, -0.1) is 0 Å². The van der Waals surface area contributed by atoms with Crippen molar-refractivity contribution in [1.29, 1.82) is 0 Å². The van der Waals surface area contributed by atoms with Crippen LogP contribution in [-0.2, 0) is 20.7 Å². The van der Waals surface area contributed by atoms with E-state index in [1.165, 1.54) is 0 Å². The molecule has 1 aliphatic heterocycles. The van der Waals surface area contributed by atoms with Crippen LogP contribution in [0.3, 0.4) is 0 Å². The summed E-state index contributed by atoms with van der Waals surface area (Å²) < 4.78 is 4.95. The molecule has 0 bridgehead atoms. The highest BCUT2D eigenvalue weighted by Gasteiger charge is 2.49. The number of ketones is 1. The summed E-state index contributed by atoms with van der Waals surface area (Å²) in [5.74, 6) is -1.57. The number of imide groups is 1. The van der Waals surface area contributed by atoms with Gasteiger partial charge in [0, 0.05) is 5.56 Å². The quantitative estimate of drug-likeness (QED) is 0.435. The van der Waals surface area contributed by atoms with Crippen molar-refractivity contribution in [3.05, 3.63) is 35.4 Å². The monoisotopic (exact) mass is 360 g/mol. The number of carbonyl (C=O) groups is 4. The highest BCUT2D eigenvalue weighted by Crippen LogP contribution is 2.24. The maximum absolute atomic E-state index is 12.4. The molecule has 1 N–H and O–H groups in total. The van der Waals surface area contributed by atoms with Crippen LogP contribution >= 0.6 is 0 Å². The van der Waals surface area contributed by atoms with Gasteiger partial charge in [0.05, 0.1) is 0 Å². The van der Waals surface area contributed by atoms with E-state index in [0.29, 0.717) is 18.4 Å². The lowest BCUT2D eigenvalue weighted by molar-refractivity contribution is -0.146. The van der Waals surface area contributed by atoms with Crippen LogP contribution in [0.15, 0.2) is 24.3 Å². The van der Waals surface area contributed by atoms with Gasteiger partial charge in [0.1, 0.15) is 12.1 Å². The van der Waals surface area contributed by atoms with Gasteiger partial charge in [-0.3, -0.25) is 19.3 Å². The minimum absolute atomic E-state index is 0.338. The molecule has 0 atom stereocenters. The zero-order valence-corrected chi connectivity index (χ0v) is 15.3. The van der Waals surface area contributed by atoms with Crippen LogP contribution in [0.4, 0.5) is 4.79 Å². The van der Waals surface area contributed by atoms with Gasteiger partial charge in [-0.1, -0.05) is 45.0 Å². The number of rotatable bonds is 8.